The van der Waals surface area contributed by atoms with Crippen molar-refractivity contribution in [3.8, 4) is 12.3 Å². The van der Waals surface area contributed by atoms with Gasteiger partial charge in [0.2, 0.25) is 5.28 Å². The van der Waals surface area contributed by atoms with Crippen LogP contribution in [0.25, 0.3) is 11.0 Å². The smallest absolute Gasteiger partial charge is 0.350 e. The molecule has 2 unspecified atom stereocenters. The van der Waals surface area contributed by atoms with Gasteiger partial charge in [-0.05, 0) is 56.2 Å². The van der Waals surface area contributed by atoms with Gasteiger partial charge >= 0.3 is 7.60 Å². The number of carbonyl (C=O) groups excluding carboxylic acids is 1. The molecule has 2 N–H and O–H groups in total. The molecule has 3 aromatic heterocycles. The minimum Gasteiger partial charge on any atom is -0.366 e. The molecule has 0 bridgehead atoms. The van der Waals surface area contributed by atoms with Crippen LogP contribution in [-0.2, 0) is 20.6 Å². The fourth-order valence-corrected chi connectivity index (χ4v) is 6.95. The average Bonchev–Trinajstić information content (AvgIpc) is 3.73. The molecule has 0 saturated carbocycles. The first-order valence-corrected chi connectivity index (χ1v) is 17.0. The summed E-state index contributed by atoms with van der Waals surface area (Å²) in [4.78, 5) is 44.5. The highest BCUT2D eigenvalue weighted by Gasteiger charge is 2.48. The van der Waals surface area contributed by atoms with Crippen LogP contribution in [0.15, 0.2) is 18.5 Å². The van der Waals surface area contributed by atoms with Crippen LogP contribution in [0.2, 0.25) is 5.28 Å². The number of halogens is 1. The molecule has 3 fully saturated rings. The molecule has 236 valence electrons. The summed E-state index contributed by atoms with van der Waals surface area (Å²) in [6.45, 7) is 3.63. The lowest BCUT2D eigenvalue weighted by Gasteiger charge is -2.55. The largest absolute Gasteiger partial charge is 0.366 e. The normalized spacial score (nSPS) is 21.6. The highest BCUT2D eigenvalue weighted by atomic mass is 35.5. The van der Waals surface area contributed by atoms with E-state index in [2.05, 4.69) is 31.0 Å². The van der Waals surface area contributed by atoms with E-state index in [1.807, 2.05) is 15.8 Å². The quantitative estimate of drug-likeness (QED) is 0.136. The highest BCUT2D eigenvalue weighted by molar-refractivity contribution is 7.51. The maximum atomic E-state index is 13.3. The molecule has 3 aliphatic rings. The van der Waals surface area contributed by atoms with Crippen LogP contribution in [-0.4, -0.2) is 95.4 Å². The number of amides is 1. The van der Waals surface area contributed by atoms with Crippen LogP contribution in [0.4, 0.5) is 5.82 Å². The summed E-state index contributed by atoms with van der Waals surface area (Å²) in [5, 5.41) is 9.92. The van der Waals surface area contributed by atoms with Crippen LogP contribution in [0.5, 0.6) is 0 Å². The predicted octanol–water partition coefficient (Wildman–Crippen LogP) is 3.05. The number of anilines is 1. The van der Waals surface area contributed by atoms with Crippen LogP contribution < -0.4 is 4.90 Å². The Morgan fingerprint density at radius 3 is 2.89 bits per heavy atom. The molecule has 1 amide bonds. The van der Waals surface area contributed by atoms with Crippen molar-refractivity contribution in [2.75, 3.05) is 44.0 Å². The van der Waals surface area contributed by atoms with E-state index < -0.39 is 20.2 Å². The van der Waals surface area contributed by atoms with Gasteiger partial charge in [-0.2, -0.15) is 20.2 Å². The average molecular weight is 647 g/mol. The maximum Gasteiger partial charge on any atom is 0.350 e. The molecule has 6 heterocycles. The molecule has 0 radical (unpaired) electrons. The predicted molar refractivity (Wildman–Crippen MR) is 161 cm³/mol. The van der Waals surface area contributed by atoms with E-state index in [4.69, 9.17) is 37.3 Å². The molecular formula is C28H36ClN8O6P. The van der Waals surface area contributed by atoms with Crippen molar-refractivity contribution in [3.63, 3.8) is 0 Å². The van der Waals surface area contributed by atoms with Gasteiger partial charge in [0.15, 0.2) is 11.9 Å². The lowest BCUT2D eigenvalue weighted by molar-refractivity contribution is -0.0391. The summed E-state index contributed by atoms with van der Waals surface area (Å²) < 4.78 is 25.8. The minimum atomic E-state index is -4.24. The Bertz CT molecular complexity index is 1590. The second-order valence-electron chi connectivity index (χ2n) is 11.9. The van der Waals surface area contributed by atoms with E-state index in [9.17, 15) is 9.36 Å². The van der Waals surface area contributed by atoms with Gasteiger partial charge in [0.05, 0.1) is 24.3 Å². The van der Waals surface area contributed by atoms with Gasteiger partial charge in [-0.15, -0.1) is 12.3 Å². The van der Waals surface area contributed by atoms with Crippen LogP contribution in [0, 0.1) is 17.8 Å². The molecule has 6 rings (SSSR count). The lowest BCUT2D eigenvalue weighted by atomic mass is 9.73. The summed E-state index contributed by atoms with van der Waals surface area (Å²) >= 11 is 6.39. The lowest BCUT2D eigenvalue weighted by Crippen LogP contribution is -2.64. The number of aryl methyl sites for hydroxylation is 1. The number of carbonyl (C=O) groups is 1. The fourth-order valence-electron chi connectivity index (χ4n) is 6.44. The van der Waals surface area contributed by atoms with Gasteiger partial charge in [-0.3, -0.25) is 14.0 Å². The molecule has 0 aromatic carbocycles. The first kappa shape index (κ1) is 31.0. The first-order valence-electron chi connectivity index (χ1n) is 14.8. The second-order valence-corrected chi connectivity index (χ2v) is 13.8. The van der Waals surface area contributed by atoms with Crippen molar-refractivity contribution < 1.29 is 28.6 Å². The van der Waals surface area contributed by atoms with Crippen LogP contribution >= 0.6 is 19.2 Å². The van der Waals surface area contributed by atoms with Gasteiger partial charge in [0, 0.05) is 50.8 Å². The third-order valence-corrected chi connectivity index (χ3v) is 9.13. The van der Waals surface area contributed by atoms with Gasteiger partial charge in [0.1, 0.15) is 17.9 Å². The van der Waals surface area contributed by atoms with E-state index in [0.29, 0.717) is 43.1 Å². The number of aromatic nitrogens is 6. The molecule has 3 saturated heterocycles. The van der Waals surface area contributed by atoms with E-state index in [0.717, 1.165) is 57.1 Å². The van der Waals surface area contributed by atoms with Crippen molar-refractivity contribution in [3.05, 3.63) is 29.4 Å². The van der Waals surface area contributed by atoms with Crippen LogP contribution in [0.1, 0.15) is 61.7 Å². The molecular weight excluding hydrogens is 611 g/mol. The fraction of sp³-hybridized carbons (Fsp3) is 0.607. The summed E-state index contributed by atoms with van der Waals surface area (Å²) in [7, 11) is -4.24. The molecule has 14 nitrogen and oxygen atoms in total. The van der Waals surface area contributed by atoms with E-state index in [1.165, 1.54) is 0 Å². The number of fused-ring (bicyclic) bond motifs is 1. The van der Waals surface area contributed by atoms with Gasteiger partial charge < -0.3 is 29.1 Å². The van der Waals surface area contributed by atoms with Crippen LogP contribution in [0.3, 0.4) is 0 Å². The van der Waals surface area contributed by atoms with E-state index >= 15 is 0 Å². The summed E-state index contributed by atoms with van der Waals surface area (Å²) in [5.41, 5.74) is 0.982. The van der Waals surface area contributed by atoms with E-state index in [-0.39, 0.29) is 29.3 Å². The molecule has 2 atom stereocenters. The number of nitrogens with zero attached hydrogens (tertiary/aromatic N) is 8. The standard InChI is InChI=1S/C28H36ClN8O6P/c1-2-3-4-5-12-36-13-9-22(33-36)26(38)34-11-6-10-28(16-34)17-35(18-28)24-21-14-30-37(25(21)32-27(29)31-24)23-8-7-20(43-23)15-42-19-44(39,40)41/h1,9,13-14,20,23H,3-8,10-12,15-19H2,(H2,39,40,41). The van der Waals surface area contributed by atoms with Gasteiger partial charge in [-0.25, -0.2) is 4.68 Å². The Balaban J connectivity index is 1.08. The topological polar surface area (TPSA) is 161 Å². The summed E-state index contributed by atoms with van der Waals surface area (Å²) in [6, 6.07) is 1.79. The van der Waals surface area contributed by atoms with Crippen molar-refractivity contribution in [2.45, 2.75) is 63.8 Å². The highest BCUT2D eigenvalue weighted by Crippen LogP contribution is 2.43. The SMILES string of the molecule is C#CCCCCn1ccc(C(=O)N2CCCC3(C2)CN(c2nc(Cl)nc4c2cnn4C2CCC(COCP(=O)(O)O)O2)C3)n1. The monoisotopic (exact) mass is 646 g/mol. The van der Waals surface area contributed by atoms with Gasteiger partial charge in [-0.1, -0.05) is 0 Å². The minimum absolute atomic E-state index is 0.0411. The zero-order chi connectivity index (χ0) is 30.9. The Morgan fingerprint density at radius 1 is 1.25 bits per heavy atom. The Kier molecular flexibility index (Phi) is 8.97. The number of rotatable bonds is 11. The number of hydrogen-bond donors (Lipinski definition) is 2. The summed E-state index contributed by atoms with van der Waals surface area (Å²) in [6.07, 6.45) is 13.3. The third-order valence-electron chi connectivity index (χ3n) is 8.45. The molecule has 3 aromatic rings. The molecule has 0 aliphatic carbocycles. The zero-order valence-electron chi connectivity index (χ0n) is 24.3. The maximum absolute atomic E-state index is 13.3. The Morgan fingerprint density at radius 2 is 2.09 bits per heavy atom. The van der Waals surface area contributed by atoms with Crippen molar-refractivity contribution >= 4 is 42.0 Å². The number of hydrogen-bond acceptors (Lipinski definition) is 9. The zero-order valence-corrected chi connectivity index (χ0v) is 25.9. The van der Waals surface area contributed by atoms with Gasteiger partial charge in [0.25, 0.3) is 5.91 Å². The second kappa shape index (κ2) is 12.7. The Labute approximate surface area is 259 Å². The number of ether oxygens (including phenoxy) is 2. The van der Waals surface area contributed by atoms with E-state index in [1.54, 1.807) is 16.9 Å². The number of piperidine rings is 1. The summed E-state index contributed by atoms with van der Waals surface area (Å²) in [5.74, 6) is 3.30. The third kappa shape index (κ3) is 6.78. The number of unbranched alkanes of at least 4 members (excludes halogenated alkanes) is 2. The molecule has 3 aliphatic heterocycles. The first-order chi connectivity index (χ1) is 21.1. The number of likely N-dealkylation sites (tertiary alicyclic amines) is 1. The molecule has 44 heavy (non-hydrogen) atoms. The van der Waals surface area contributed by atoms with Crippen molar-refractivity contribution in [2.24, 2.45) is 5.41 Å². The Hall–Kier alpha value is -3.05. The molecule has 16 heteroatoms. The van der Waals surface area contributed by atoms with Crippen molar-refractivity contribution in [1.82, 2.24) is 34.4 Å². The van der Waals surface area contributed by atoms with Crippen molar-refractivity contribution in [1.29, 1.82) is 0 Å². The number of terminal acetylenes is 1. The molecule has 1 spiro atoms.